The Labute approximate surface area is 169 Å². The van der Waals surface area contributed by atoms with E-state index in [0.29, 0.717) is 34.2 Å². The minimum atomic E-state index is -0.844. The van der Waals surface area contributed by atoms with Gasteiger partial charge in [0.05, 0.1) is 4.91 Å². The Morgan fingerprint density at radius 2 is 2.00 bits per heavy atom. The third kappa shape index (κ3) is 4.82. The van der Waals surface area contributed by atoms with E-state index < -0.39 is 5.97 Å². The molecule has 1 aromatic carbocycles. The monoisotopic (exact) mass is 421 g/mol. The number of nitrogens with zero attached hydrogens (tertiary/aromatic N) is 1. The van der Waals surface area contributed by atoms with Crippen LogP contribution in [0.4, 0.5) is 4.39 Å². The fourth-order valence-corrected chi connectivity index (χ4v) is 4.96. The quantitative estimate of drug-likeness (QED) is 0.387. The topological polar surface area (TPSA) is 57.6 Å². The number of aliphatic carboxylic acids is 1. The summed E-state index contributed by atoms with van der Waals surface area (Å²) >= 11 is 7.92. The molecule has 1 aromatic heterocycles. The van der Waals surface area contributed by atoms with Crippen LogP contribution in [0.1, 0.15) is 24.1 Å². The minimum absolute atomic E-state index is 0.0820. The molecule has 1 aliphatic heterocycles. The minimum Gasteiger partial charge on any atom is -0.481 e. The van der Waals surface area contributed by atoms with Crippen LogP contribution in [0, 0.1) is 5.82 Å². The number of thiophene rings is 1. The van der Waals surface area contributed by atoms with Crippen molar-refractivity contribution >= 4 is 57.6 Å². The molecule has 0 radical (unpaired) electrons. The molecule has 1 N–H and O–H groups in total. The number of rotatable bonds is 7. The van der Waals surface area contributed by atoms with Crippen molar-refractivity contribution in [3.8, 4) is 10.4 Å². The van der Waals surface area contributed by atoms with Gasteiger partial charge in [-0.1, -0.05) is 42.2 Å². The summed E-state index contributed by atoms with van der Waals surface area (Å²) in [6, 6.07) is 10.3. The lowest BCUT2D eigenvalue weighted by atomic mass is 10.2. The fourth-order valence-electron chi connectivity index (χ4n) is 2.60. The summed E-state index contributed by atoms with van der Waals surface area (Å²) in [5.74, 6) is -1.29. The average Bonchev–Trinajstić information content (AvgIpc) is 3.18. The predicted octanol–water partition coefficient (Wildman–Crippen LogP) is 5.01. The second-order valence-electron chi connectivity index (χ2n) is 5.87. The Balaban J connectivity index is 1.69. The van der Waals surface area contributed by atoms with Gasteiger partial charge in [0, 0.05) is 28.3 Å². The summed E-state index contributed by atoms with van der Waals surface area (Å²) in [6.07, 6.45) is 2.94. The number of carbonyl (C=O) groups is 2. The molecule has 0 atom stereocenters. The number of hydrogen-bond acceptors (Lipinski definition) is 5. The highest BCUT2D eigenvalue weighted by Gasteiger charge is 2.31. The smallest absolute Gasteiger partial charge is 0.303 e. The summed E-state index contributed by atoms with van der Waals surface area (Å²) < 4.78 is 14.4. The second-order valence-corrected chi connectivity index (χ2v) is 8.66. The van der Waals surface area contributed by atoms with Crippen LogP contribution in [0.5, 0.6) is 0 Å². The van der Waals surface area contributed by atoms with E-state index >= 15 is 0 Å². The van der Waals surface area contributed by atoms with Gasteiger partial charge in [-0.3, -0.25) is 14.5 Å². The molecule has 1 amide bonds. The van der Waals surface area contributed by atoms with E-state index in [4.69, 9.17) is 17.3 Å². The SMILES string of the molecule is O=C(O)CCCCN1C(=O)/C(=C\c2ccc(-c3ccccc3F)s2)SC1=S. The highest BCUT2D eigenvalue weighted by molar-refractivity contribution is 8.26. The van der Waals surface area contributed by atoms with Gasteiger partial charge in [-0.05, 0) is 37.1 Å². The van der Waals surface area contributed by atoms with Gasteiger partial charge in [0.1, 0.15) is 10.1 Å². The lowest BCUT2D eigenvalue weighted by Crippen LogP contribution is -2.29. The number of halogens is 1. The Bertz CT molecular complexity index is 922. The van der Waals surface area contributed by atoms with E-state index in [1.54, 1.807) is 24.3 Å². The zero-order valence-corrected chi connectivity index (χ0v) is 16.6. The fraction of sp³-hybridized carbons (Fsp3) is 0.211. The van der Waals surface area contributed by atoms with Crippen LogP contribution in [0.15, 0.2) is 41.3 Å². The molecule has 0 unspecified atom stereocenters. The molecule has 2 heterocycles. The van der Waals surface area contributed by atoms with Crippen LogP contribution >= 0.6 is 35.3 Å². The number of thiocarbonyl (C=S) groups is 1. The predicted molar refractivity (Wildman–Crippen MR) is 111 cm³/mol. The first-order valence-corrected chi connectivity index (χ1v) is 10.3. The van der Waals surface area contributed by atoms with E-state index in [1.807, 2.05) is 12.1 Å². The van der Waals surface area contributed by atoms with Crippen molar-refractivity contribution in [1.29, 1.82) is 0 Å². The van der Waals surface area contributed by atoms with Crippen LogP contribution in [0.2, 0.25) is 0 Å². The standard InChI is InChI=1S/C19H16FNO3S3/c20-14-6-2-1-5-13(14)15-9-8-12(26-15)11-16-18(24)21(19(25)27-16)10-4-3-7-17(22)23/h1-2,5-6,8-9,11H,3-4,7,10H2,(H,22,23)/b16-11+. The van der Waals surface area contributed by atoms with E-state index in [0.717, 1.165) is 9.75 Å². The lowest BCUT2D eigenvalue weighted by Gasteiger charge is -2.13. The molecule has 0 bridgehead atoms. The van der Waals surface area contributed by atoms with Gasteiger partial charge in [-0.2, -0.15) is 0 Å². The largest absolute Gasteiger partial charge is 0.481 e. The van der Waals surface area contributed by atoms with Gasteiger partial charge in [-0.25, -0.2) is 4.39 Å². The summed E-state index contributed by atoms with van der Waals surface area (Å²) in [5, 5.41) is 8.68. The number of thioether (sulfide) groups is 1. The van der Waals surface area contributed by atoms with Gasteiger partial charge in [0.2, 0.25) is 0 Å². The Morgan fingerprint density at radius 1 is 1.22 bits per heavy atom. The van der Waals surface area contributed by atoms with Gasteiger partial charge in [-0.15, -0.1) is 11.3 Å². The maximum atomic E-state index is 13.9. The molecule has 0 saturated carbocycles. The molecule has 1 fully saturated rings. The highest BCUT2D eigenvalue weighted by Crippen LogP contribution is 2.36. The average molecular weight is 422 g/mol. The van der Waals surface area contributed by atoms with Crippen LogP contribution in [-0.2, 0) is 9.59 Å². The van der Waals surface area contributed by atoms with E-state index in [-0.39, 0.29) is 18.1 Å². The molecular formula is C19H16FNO3S3. The van der Waals surface area contributed by atoms with Gasteiger partial charge < -0.3 is 5.11 Å². The Kier molecular flexibility index (Phi) is 6.41. The lowest BCUT2D eigenvalue weighted by molar-refractivity contribution is -0.137. The zero-order chi connectivity index (χ0) is 19.4. The molecule has 0 aliphatic carbocycles. The van der Waals surface area contributed by atoms with Crippen LogP contribution in [-0.4, -0.2) is 32.7 Å². The normalized spacial score (nSPS) is 15.7. The molecule has 3 rings (SSSR count). The van der Waals surface area contributed by atoms with E-state index in [2.05, 4.69) is 0 Å². The van der Waals surface area contributed by atoms with Gasteiger partial charge >= 0.3 is 5.97 Å². The van der Waals surface area contributed by atoms with Crippen molar-refractivity contribution in [2.24, 2.45) is 0 Å². The third-order valence-corrected chi connectivity index (χ3v) is 6.38. The first-order chi connectivity index (χ1) is 13.0. The van der Waals surface area contributed by atoms with Crippen LogP contribution in [0.3, 0.4) is 0 Å². The van der Waals surface area contributed by atoms with E-state index in [1.165, 1.54) is 34.1 Å². The molecule has 140 valence electrons. The van der Waals surface area contributed by atoms with E-state index in [9.17, 15) is 14.0 Å². The maximum Gasteiger partial charge on any atom is 0.303 e. The molecule has 4 nitrogen and oxygen atoms in total. The van der Waals surface area contributed by atoms with Gasteiger partial charge in [0.25, 0.3) is 5.91 Å². The summed E-state index contributed by atoms with van der Waals surface area (Å²) in [7, 11) is 0. The van der Waals surface area contributed by atoms with Crippen molar-refractivity contribution in [3.05, 3.63) is 52.0 Å². The molecule has 1 aliphatic rings. The number of carboxylic acid groups (broad SMARTS) is 1. The number of carboxylic acids is 1. The summed E-state index contributed by atoms with van der Waals surface area (Å²) in [4.78, 5) is 26.8. The Morgan fingerprint density at radius 3 is 2.74 bits per heavy atom. The van der Waals surface area contributed by atoms with Crippen molar-refractivity contribution in [2.75, 3.05) is 6.54 Å². The summed E-state index contributed by atoms with van der Waals surface area (Å²) in [5.41, 5.74) is 0.535. The molecule has 2 aromatic rings. The van der Waals surface area contributed by atoms with Gasteiger partial charge in [0.15, 0.2) is 0 Å². The van der Waals surface area contributed by atoms with Crippen LogP contribution < -0.4 is 0 Å². The molecule has 8 heteroatoms. The van der Waals surface area contributed by atoms with Crippen molar-refractivity contribution < 1.29 is 19.1 Å². The second kappa shape index (κ2) is 8.77. The number of unbranched alkanes of at least 4 members (excludes halogenated alkanes) is 1. The Hall–Kier alpha value is -2.03. The maximum absolute atomic E-state index is 13.9. The van der Waals surface area contributed by atoms with Crippen molar-refractivity contribution in [2.45, 2.75) is 19.3 Å². The number of carbonyl (C=O) groups excluding carboxylic acids is 1. The molecule has 1 saturated heterocycles. The third-order valence-electron chi connectivity index (χ3n) is 3.94. The number of hydrogen-bond donors (Lipinski definition) is 1. The summed E-state index contributed by atoms with van der Waals surface area (Å²) in [6.45, 7) is 0.417. The molecule has 27 heavy (non-hydrogen) atoms. The molecular weight excluding hydrogens is 405 g/mol. The number of amides is 1. The van der Waals surface area contributed by atoms with Crippen molar-refractivity contribution in [1.82, 2.24) is 4.90 Å². The highest BCUT2D eigenvalue weighted by atomic mass is 32.2. The first kappa shape index (κ1) is 19.7. The molecule has 0 spiro atoms. The van der Waals surface area contributed by atoms with Crippen molar-refractivity contribution in [3.63, 3.8) is 0 Å². The van der Waals surface area contributed by atoms with Crippen LogP contribution in [0.25, 0.3) is 16.5 Å². The first-order valence-electron chi connectivity index (χ1n) is 8.27. The zero-order valence-electron chi connectivity index (χ0n) is 14.2. The number of benzene rings is 1.